The molecule has 0 aromatic heterocycles. The average Bonchev–Trinajstić information content (AvgIpc) is 2.00. The normalized spacial score (nSPS) is 9.67. The molecule has 4 nitrogen and oxygen atoms in total. The van der Waals surface area contributed by atoms with Crippen molar-refractivity contribution in [2.24, 2.45) is 5.41 Å². The van der Waals surface area contributed by atoms with E-state index in [9.17, 15) is 4.79 Å². The second-order valence-electron chi connectivity index (χ2n) is 3.11. The maximum absolute atomic E-state index is 11.0. The van der Waals surface area contributed by atoms with Crippen LogP contribution in [0.25, 0.3) is 0 Å². The molecule has 12 heavy (non-hydrogen) atoms. The van der Waals surface area contributed by atoms with Gasteiger partial charge in [0.25, 0.3) is 0 Å². The molecule has 0 radical (unpaired) electrons. The smallest absolute Gasteiger partial charge is 0.222 e. The van der Waals surface area contributed by atoms with E-state index in [0.717, 1.165) is 0 Å². The van der Waals surface area contributed by atoms with Gasteiger partial charge in [-0.05, 0) is 13.8 Å². The summed E-state index contributed by atoms with van der Waals surface area (Å²) in [6.45, 7) is 3.36. The van der Waals surface area contributed by atoms with Gasteiger partial charge in [0.1, 0.15) is 6.54 Å². The van der Waals surface area contributed by atoms with Gasteiger partial charge in [-0.3, -0.25) is 4.79 Å². The zero-order chi connectivity index (χ0) is 9.61. The van der Waals surface area contributed by atoms with E-state index in [4.69, 9.17) is 10.5 Å². The lowest BCUT2D eigenvalue weighted by Gasteiger charge is -2.12. The van der Waals surface area contributed by atoms with Gasteiger partial charge in [-0.2, -0.15) is 10.5 Å². The summed E-state index contributed by atoms with van der Waals surface area (Å²) in [5.74, 6) is -0.261. The van der Waals surface area contributed by atoms with Crippen molar-refractivity contribution >= 4 is 5.91 Å². The van der Waals surface area contributed by atoms with Gasteiger partial charge in [0, 0.05) is 6.42 Å². The Bertz CT molecular complexity index is 244. The molecule has 0 unspecified atom stereocenters. The van der Waals surface area contributed by atoms with Gasteiger partial charge in [-0.15, -0.1) is 0 Å². The maximum atomic E-state index is 11.0. The Hall–Kier alpha value is -1.55. The number of nitrogens with one attached hydrogen (secondary N) is 1. The lowest BCUT2D eigenvalue weighted by Crippen LogP contribution is -2.28. The van der Waals surface area contributed by atoms with Crippen LogP contribution >= 0.6 is 0 Å². The molecule has 0 saturated heterocycles. The first-order chi connectivity index (χ1) is 5.52. The van der Waals surface area contributed by atoms with Crippen LogP contribution in [0.2, 0.25) is 0 Å². The SMILES string of the molecule is CC(C)(C#N)CC(=O)NCC#N. The van der Waals surface area contributed by atoms with Crippen molar-refractivity contribution < 1.29 is 4.79 Å². The van der Waals surface area contributed by atoms with Gasteiger partial charge in [-0.1, -0.05) is 0 Å². The summed E-state index contributed by atoms with van der Waals surface area (Å²) in [6, 6.07) is 3.79. The molecule has 1 N–H and O–H groups in total. The van der Waals surface area contributed by atoms with Gasteiger partial charge in [-0.25, -0.2) is 0 Å². The van der Waals surface area contributed by atoms with E-state index in [1.54, 1.807) is 19.9 Å². The van der Waals surface area contributed by atoms with Crippen LogP contribution in [-0.4, -0.2) is 12.5 Å². The third-order valence-corrected chi connectivity index (χ3v) is 1.27. The van der Waals surface area contributed by atoms with E-state index in [-0.39, 0.29) is 18.9 Å². The summed E-state index contributed by atoms with van der Waals surface area (Å²) in [6.07, 6.45) is 0.130. The van der Waals surface area contributed by atoms with Crippen LogP contribution in [0.15, 0.2) is 0 Å². The van der Waals surface area contributed by atoms with E-state index in [2.05, 4.69) is 5.32 Å². The first kappa shape index (κ1) is 10.4. The molecule has 0 saturated carbocycles. The number of carbonyl (C=O) groups excluding carboxylic acids is 1. The van der Waals surface area contributed by atoms with Crippen LogP contribution in [0.4, 0.5) is 0 Å². The Kier molecular flexibility index (Phi) is 3.79. The second-order valence-corrected chi connectivity index (χ2v) is 3.11. The van der Waals surface area contributed by atoms with Gasteiger partial charge in [0.2, 0.25) is 5.91 Å². The molecule has 0 aliphatic heterocycles. The van der Waals surface area contributed by atoms with Gasteiger partial charge in [0.15, 0.2) is 0 Å². The third kappa shape index (κ3) is 4.29. The fourth-order valence-corrected chi connectivity index (χ4v) is 0.642. The zero-order valence-corrected chi connectivity index (χ0v) is 7.22. The van der Waals surface area contributed by atoms with Crippen molar-refractivity contribution in [3.63, 3.8) is 0 Å². The molecule has 64 valence electrons. The number of rotatable bonds is 3. The van der Waals surface area contributed by atoms with E-state index >= 15 is 0 Å². The van der Waals surface area contributed by atoms with Gasteiger partial charge in [0.05, 0.1) is 17.6 Å². The molecule has 0 aromatic rings. The number of amides is 1. The molecule has 1 amide bonds. The molecule has 0 aliphatic carbocycles. The molecule has 0 fully saturated rings. The maximum Gasteiger partial charge on any atom is 0.222 e. The second kappa shape index (κ2) is 4.35. The third-order valence-electron chi connectivity index (χ3n) is 1.27. The number of hydrogen-bond acceptors (Lipinski definition) is 3. The van der Waals surface area contributed by atoms with Crippen molar-refractivity contribution in [2.45, 2.75) is 20.3 Å². The van der Waals surface area contributed by atoms with Crippen molar-refractivity contribution in [2.75, 3.05) is 6.54 Å². The molecule has 0 rings (SSSR count). The molecular weight excluding hydrogens is 154 g/mol. The van der Waals surface area contributed by atoms with Crippen LogP contribution in [0.5, 0.6) is 0 Å². The lowest BCUT2D eigenvalue weighted by molar-refractivity contribution is -0.122. The Morgan fingerprint density at radius 2 is 2.08 bits per heavy atom. The van der Waals surface area contributed by atoms with Crippen molar-refractivity contribution in [1.29, 1.82) is 10.5 Å². The minimum atomic E-state index is -0.653. The summed E-state index contributed by atoms with van der Waals surface area (Å²) < 4.78 is 0. The lowest BCUT2D eigenvalue weighted by atomic mass is 9.91. The molecule has 0 aromatic carbocycles. The highest BCUT2D eigenvalue weighted by Gasteiger charge is 2.20. The molecular formula is C8H11N3O. The summed E-state index contributed by atoms with van der Waals surface area (Å²) in [4.78, 5) is 11.0. The fourth-order valence-electron chi connectivity index (χ4n) is 0.642. The van der Waals surface area contributed by atoms with Crippen LogP contribution < -0.4 is 5.32 Å². The predicted molar refractivity (Wildman–Crippen MR) is 42.6 cm³/mol. The van der Waals surface area contributed by atoms with Crippen LogP contribution in [0.3, 0.4) is 0 Å². The molecule has 0 aliphatic rings. The quantitative estimate of drug-likeness (QED) is 0.621. The van der Waals surface area contributed by atoms with Crippen LogP contribution in [0.1, 0.15) is 20.3 Å². The standard InChI is InChI=1S/C8H11N3O/c1-8(2,6-10)5-7(12)11-4-3-9/h4-5H2,1-2H3,(H,11,12). The number of nitriles is 2. The van der Waals surface area contributed by atoms with Crippen LogP contribution in [-0.2, 0) is 4.79 Å². The van der Waals surface area contributed by atoms with E-state index in [1.807, 2.05) is 6.07 Å². The molecule has 0 heterocycles. The first-order valence-electron chi connectivity index (χ1n) is 3.57. The Morgan fingerprint density at radius 3 is 2.50 bits per heavy atom. The topological polar surface area (TPSA) is 76.7 Å². The minimum absolute atomic E-state index is 0.000339. The van der Waals surface area contributed by atoms with Crippen LogP contribution in [0, 0.1) is 28.1 Å². The fraction of sp³-hybridized carbons (Fsp3) is 0.625. The average molecular weight is 165 g/mol. The number of carbonyl (C=O) groups is 1. The van der Waals surface area contributed by atoms with E-state index < -0.39 is 5.41 Å². The summed E-state index contributed by atoms with van der Waals surface area (Å²) >= 11 is 0. The monoisotopic (exact) mass is 165 g/mol. The Labute approximate surface area is 71.8 Å². The van der Waals surface area contributed by atoms with Crippen molar-refractivity contribution in [1.82, 2.24) is 5.32 Å². The highest BCUT2D eigenvalue weighted by Crippen LogP contribution is 2.17. The van der Waals surface area contributed by atoms with E-state index in [1.165, 1.54) is 0 Å². The highest BCUT2D eigenvalue weighted by atomic mass is 16.1. The van der Waals surface area contributed by atoms with Gasteiger partial charge < -0.3 is 5.32 Å². The predicted octanol–water partition coefficient (Wildman–Crippen LogP) is 0.566. The largest absolute Gasteiger partial charge is 0.343 e. The number of nitrogens with zero attached hydrogens (tertiary/aromatic N) is 2. The molecule has 4 heteroatoms. The Morgan fingerprint density at radius 1 is 1.50 bits per heavy atom. The summed E-state index contributed by atoms with van der Waals surface area (Å²) in [5.41, 5.74) is -0.653. The minimum Gasteiger partial charge on any atom is -0.343 e. The molecule has 0 bridgehead atoms. The number of hydrogen-bond donors (Lipinski definition) is 1. The first-order valence-corrected chi connectivity index (χ1v) is 3.57. The molecule has 0 spiro atoms. The molecule has 0 atom stereocenters. The zero-order valence-electron chi connectivity index (χ0n) is 7.22. The van der Waals surface area contributed by atoms with Gasteiger partial charge >= 0.3 is 0 Å². The summed E-state index contributed by atoms with van der Waals surface area (Å²) in [5, 5.41) is 19.1. The Balaban J connectivity index is 3.88. The van der Waals surface area contributed by atoms with Crippen molar-refractivity contribution in [3.8, 4) is 12.1 Å². The van der Waals surface area contributed by atoms with E-state index in [0.29, 0.717) is 0 Å². The summed E-state index contributed by atoms with van der Waals surface area (Å²) in [7, 11) is 0. The van der Waals surface area contributed by atoms with Crippen molar-refractivity contribution in [3.05, 3.63) is 0 Å². The highest BCUT2D eigenvalue weighted by molar-refractivity contribution is 5.77.